The van der Waals surface area contributed by atoms with Crippen LogP contribution in [0.3, 0.4) is 0 Å². The van der Waals surface area contributed by atoms with Crippen LogP contribution in [0.5, 0.6) is 11.5 Å². The molecule has 1 heterocycles. The highest BCUT2D eigenvalue weighted by atomic mass is 79.9. The predicted molar refractivity (Wildman–Crippen MR) is 97.3 cm³/mol. The summed E-state index contributed by atoms with van der Waals surface area (Å²) in [5.41, 5.74) is 2.68. The van der Waals surface area contributed by atoms with Crippen molar-refractivity contribution in [3.8, 4) is 11.5 Å². The zero-order chi connectivity index (χ0) is 17.9. The van der Waals surface area contributed by atoms with Crippen LogP contribution in [0.15, 0.2) is 22.2 Å². The fourth-order valence-electron chi connectivity index (χ4n) is 4.88. The lowest BCUT2D eigenvalue weighted by atomic mass is 9.56. The number of piperidine rings is 1. The number of carbonyl (C=O) groups excluding carboxylic acids is 1. The third-order valence-corrected chi connectivity index (χ3v) is 6.83. The molecule has 2 bridgehead atoms. The second-order valence-electron chi connectivity index (χ2n) is 7.22. The Labute approximate surface area is 155 Å². The van der Waals surface area contributed by atoms with Crippen LogP contribution in [-0.2, 0) is 21.4 Å². The third kappa shape index (κ3) is 2.24. The van der Waals surface area contributed by atoms with Crippen LogP contribution in [0.4, 0.5) is 0 Å². The molecule has 25 heavy (non-hydrogen) atoms. The molecule has 0 radical (unpaired) electrons. The van der Waals surface area contributed by atoms with Crippen molar-refractivity contribution in [2.45, 2.75) is 36.8 Å². The molecular weight excluding hydrogens is 386 g/mol. The van der Waals surface area contributed by atoms with Crippen LogP contribution < -0.4 is 4.74 Å². The van der Waals surface area contributed by atoms with E-state index in [4.69, 9.17) is 9.47 Å². The summed E-state index contributed by atoms with van der Waals surface area (Å²) >= 11 is 3.65. The first-order valence-corrected chi connectivity index (χ1v) is 9.29. The lowest BCUT2D eigenvalue weighted by Gasteiger charge is -2.54. The quantitative estimate of drug-likeness (QED) is 0.763. The summed E-state index contributed by atoms with van der Waals surface area (Å²) < 4.78 is 11.7. The van der Waals surface area contributed by atoms with Crippen LogP contribution >= 0.6 is 15.9 Å². The molecule has 1 aliphatic heterocycles. The van der Waals surface area contributed by atoms with Gasteiger partial charge in [0.1, 0.15) is 6.10 Å². The monoisotopic (exact) mass is 407 g/mol. The lowest BCUT2D eigenvalue weighted by molar-refractivity contribution is -0.129. The van der Waals surface area contributed by atoms with E-state index in [2.05, 4.69) is 27.9 Å². The number of hydrogen-bond acceptors (Lipinski definition) is 5. The summed E-state index contributed by atoms with van der Waals surface area (Å²) in [6.45, 7) is 0.890. The minimum absolute atomic E-state index is 0.0701. The number of rotatable bonds is 2. The van der Waals surface area contributed by atoms with E-state index in [0.29, 0.717) is 12.2 Å². The molecule has 2 unspecified atom stereocenters. The zero-order valence-electron chi connectivity index (χ0n) is 14.6. The van der Waals surface area contributed by atoms with Crippen molar-refractivity contribution >= 4 is 21.7 Å². The van der Waals surface area contributed by atoms with Crippen LogP contribution in [0.25, 0.3) is 0 Å². The molecule has 1 aromatic rings. The molecule has 1 saturated heterocycles. The van der Waals surface area contributed by atoms with Gasteiger partial charge in [-0.3, -0.25) is 9.69 Å². The number of phenolic OH excluding ortho intramolecular Hbond substituents is 1. The van der Waals surface area contributed by atoms with Gasteiger partial charge in [0.25, 0.3) is 0 Å². The Morgan fingerprint density at radius 3 is 2.84 bits per heavy atom. The molecule has 4 rings (SSSR count). The smallest absolute Gasteiger partial charge is 0.166 e. The van der Waals surface area contributed by atoms with E-state index in [1.807, 2.05) is 12.1 Å². The Morgan fingerprint density at radius 1 is 1.40 bits per heavy atom. The van der Waals surface area contributed by atoms with Gasteiger partial charge in [-0.15, -0.1) is 0 Å². The van der Waals surface area contributed by atoms with Crippen LogP contribution in [0, 0.1) is 0 Å². The third-order valence-electron chi connectivity index (χ3n) is 6.13. The van der Waals surface area contributed by atoms with Crippen molar-refractivity contribution in [1.29, 1.82) is 0 Å². The molecule has 134 valence electrons. The van der Waals surface area contributed by atoms with Crippen molar-refractivity contribution in [2.75, 3.05) is 27.8 Å². The van der Waals surface area contributed by atoms with E-state index in [1.165, 1.54) is 5.57 Å². The van der Waals surface area contributed by atoms with Crippen LogP contribution in [-0.4, -0.2) is 55.7 Å². The number of methoxy groups -OCH3 is 2. The van der Waals surface area contributed by atoms with E-state index in [0.717, 1.165) is 35.0 Å². The lowest BCUT2D eigenvalue weighted by Crippen LogP contribution is -2.57. The summed E-state index contributed by atoms with van der Waals surface area (Å²) in [6.07, 6.45) is 3.45. The number of ether oxygens (including phenoxy) is 2. The van der Waals surface area contributed by atoms with Gasteiger partial charge in [0.2, 0.25) is 0 Å². The highest BCUT2D eigenvalue weighted by molar-refractivity contribution is 9.10. The standard InChI is InChI=1S/C19H22BrNO4/c1-21-5-4-19-9-14(22)15(24-2)7-11(19)13(21)6-10-12(20)8-16(25-3)18(23)17(10)19/h7-8,13,15,23H,4-6,9H2,1-3H3/t13?,15?,19-/m1/s1. The topological polar surface area (TPSA) is 59.0 Å². The number of Topliss-reactive ketones (excluding diaryl/α,β-unsaturated/α-hetero) is 1. The highest BCUT2D eigenvalue weighted by Crippen LogP contribution is 2.58. The molecule has 6 heteroatoms. The van der Waals surface area contributed by atoms with E-state index >= 15 is 0 Å². The summed E-state index contributed by atoms with van der Waals surface area (Å²) in [4.78, 5) is 15.0. The number of likely N-dealkylation sites (tertiary alicyclic amines) is 1. The number of nitrogens with zero attached hydrogens (tertiary/aromatic N) is 1. The molecule has 1 N–H and O–H groups in total. The fourth-order valence-corrected chi connectivity index (χ4v) is 5.45. The number of hydrogen-bond donors (Lipinski definition) is 1. The Balaban J connectivity index is 2.03. The normalized spacial score (nSPS) is 31.2. The van der Waals surface area contributed by atoms with Gasteiger partial charge in [-0.25, -0.2) is 0 Å². The van der Waals surface area contributed by atoms with Gasteiger partial charge in [0, 0.05) is 35.0 Å². The van der Waals surface area contributed by atoms with E-state index in [-0.39, 0.29) is 17.6 Å². The summed E-state index contributed by atoms with van der Waals surface area (Å²) in [6, 6.07) is 2.04. The number of halogens is 1. The molecule has 0 aromatic heterocycles. The summed E-state index contributed by atoms with van der Waals surface area (Å²) in [7, 11) is 5.25. The molecule has 2 aliphatic carbocycles. The number of aromatic hydroxyl groups is 1. The zero-order valence-corrected chi connectivity index (χ0v) is 16.2. The number of benzene rings is 1. The average molecular weight is 408 g/mol. The van der Waals surface area contributed by atoms with E-state index < -0.39 is 11.5 Å². The Morgan fingerprint density at radius 2 is 2.16 bits per heavy atom. The van der Waals surface area contributed by atoms with Crippen LogP contribution in [0.2, 0.25) is 0 Å². The average Bonchev–Trinajstić information content (AvgIpc) is 2.59. The number of fused-ring (bicyclic) bond motifs is 1. The molecule has 3 aliphatic rings. The molecular formula is C19H22BrNO4. The molecule has 1 fully saturated rings. The first kappa shape index (κ1) is 17.1. The maximum Gasteiger partial charge on any atom is 0.166 e. The van der Waals surface area contributed by atoms with Gasteiger partial charge in [0.15, 0.2) is 17.3 Å². The van der Waals surface area contributed by atoms with Crippen molar-refractivity contribution in [1.82, 2.24) is 4.90 Å². The Hall–Kier alpha value is -1.37. The number of phenols is 1. The summed E-state index contributed by atoms with van der Waals surface area (Å²) in [5.74, 6) is 0.678. The molecule has 5 nitrogen and oxygen atoms in total. The van der Waals surface area contributed by atoms with Gasteiger partial charge >= 0.3 is 0 Å². The number of likely N-dealkylation sites (N-methyl/N-ethyl adjacent to an activating group) is 1. The van der Waals surface area contributed by atoms with Gasteiger partial charge in [-0.1, -0.05) is 15.9 Å². The van der Waals surface area contributed by atoms with Gasteiger partial charge in [-0.05, 0) is 49.7 Å². The maximum absolute atomic E-state index is 12.7. The minimum atomic E-state index is -0.491. The minimum Gasteiger partial charge on any atom is -0.504 e. The largest absolute Gasteiger partial charge is 0.504 e. The second kappa shape index (κ2) is 5.83. The van der Waals surface area contributed by atoms with Crippen LogP contribution in [0.1, 0.15) is 24.0 Å². The van der Waals surface area contributed by atoms with Gasteiger partial charge in [-0.2, -0.15) is 0 Å². The highest BCUT2D eigenvalue weighted by Gasteiger charge is 2.54. The van der Waals surface area contributed by atoms with Crippen molar-refractivity contribution < 1.29 is 19.4 Å². The molecule has 0 amide bonds. The SMILES string of the molecule is COc1cc(Br)c2c(c1O)[C@@]13CCN(C)C(C2)C1=CC(OC)C(=O)C3. The summed E-state index contributed by atoms with van der Waals surface area (Å²) in [5, 5.41) is 11.0. The second-order valence-corrected chi connectivity index (χ2v) is 8.07. The Kier molecular flexibility index (Phi) is 3.98. The molecule has 0 saturated carbocycles. The van der Waals surface area contributed by atoms with Crippen molar-refractivity contribution in [3.63, 3.8) is 0 Å². The maximum atomic E-state index is 12.7. The van der Waals surface area contributed by atoms with E-state index in [9.17, 15) is 9.90 Å². The fraction of sp³-hybridized carbons (Fsp3) is 0.526. The van der Waals surface area contributed by atoms with Crippen molar-refractivity contribution in [2.24, 2.45) is 0 Å². The van der Waals surface area contributed by atoms with Gasteiger partial charge in [0.05, 0.1) is 7.11 Å². The number of carbonyl (C=O) groups is 1. The predicted octanol–water partition coefficient (Wildman–Crippen LogP) is 2.58. The first-order chi connectivity index (χ1) is 11.9. The molecule has 3 atom stereocenters. The molecule has 0 spiro atoms. The number of ketones is 1. The first-order valence-electron chi connectivity index (χ1n) is 8.49. The van der Waals surface area contributed by atoms with Crippen molar-refractivity contribution in [3.05, 3.63) is 33.3 Å². The Bertz CT molecular complexity index is 790. The van der Waals surface area contributed by atoms with Gasteiger partial charge < -0.3 is 14.6 Å². The van der Waals surface area contributed by atoms with E-state index in [1.54, 1.807) is 14.2 Å². The molecule has 1 aromatic carbocycles.